The molecule has 2 aromatic rings. The molecule has 140 valence electrons. The highest BCUT2D eigenvalue weighted by Gasteiger charge is 2.20. The van der Waals surface area contributed by atoms with Crippen LogP contribution < -0.4 is 25.0 Å². The molecule has 1 aromatic heterocycles. The molecule has 1 atom stereocenters. The fourth-order valence-corrected chi connectivity index (χ4v) is 3.69. The summed E-state index contributed by atoms with van der Waals surface area (Å²) in [6.45, 7) is 4.19. The number of nitrogens with zero attached hydrogens (tertiary/aromatic N) is 3. The smallest absolute Gasteiger partial charge is 0.325 e. The molecule has 1 saturated heterocycles. The maximum atomic E-state index is 12.3. The fraction of sp³-hybridized carbons (Fsp3) is 0.471. The molecule has 2 N–H and O–H groups in total. The number of methoxy groups -OCH3 is 2. The van der Waals surface area contributed by atoms with Gasteiger partial charge in [0.05, 0.1) is 19.9 Å². The highest BCUT2D eigenvalue weighted by Crippen LogP contribution is 2.30. The van der Waals surface area contributed by atoms with Crippen LogP contribution in [0.5, 0.6) is 11.5 Å². The number of rotatable bonds is 5. The monoisotopic (exact) mass is 377 g/mol. The molecule has 0 aliphatic carbocycles. The summed E-state index contributed by atoms with van der Waals surface area (Å²) in [5.41, 5.74) is 0.513. The summed E-state index contributed by atoms with van der Waals surface area (Å²) in [7, 11) is 3.11. The van der Waals surface area contributed by atoms with Crippen LogP contribution in [0.1, 0.15) is 19.8 Å². The van der Waals surface area contributed by atoms with Crippen LogP contribution in [0.3, 0.4) is 0 Å². The van der Waals surface area contributed by atoms with E-state index in [0.717, 1.165) is 24.6 Å². The van der Waals surface area contributed by atoms with Crippen LogP contribution in [0.15, 0.2) is 18.2 Å². The van der Waals surface area contributed by atoms with Crippen molar-refractivity contribution in [3.05, 3.63) is 18.2 Å². The molecule has 8 nitrogen and oxygen atoms in total. The van der Waals surface area contributed by atoms with Crippen LogP contribution in [-0.4, -0.2) is 43.5 Å². The lowest BCUT2D eigenvalue weighted by atomic mass is 10.0. The van der Waals surface area contributed by atoms with Gasteiger partial charge in [-0.15, -0.1) is 10.2 Å². The number of ether oxygens (including phenoxy) is 2. The van der Waals surface area contributed by atoms with Crippen molar-refractivity contribution in [2.24, 2.45) is 5.92 Å². The topological polar surface area (TPSA) is 88.6 Å². The molecular weight excluding hydrogens is 354 g/mol. The van der Waals surface area contributed by atoms with Crippen molar-refractivity contribution in [3.8, 4) is 11.5 Å². The minimum absolute atomic E-state index is 0.411. The van der Waals surface area contributed by atoms with Crippen molar-refractivity contribution in [1.29, 1.82) is 0 Å². The van der Waals surface area contributed by atoms with E-state index < -0.39 is 6.03 Å². The first kappa shape index (κ1) is 18.2. The lowest BCUT2D eigenvalue weighted by Crippen LogP contribution is -2.34. The molecule has 2 heterocycles. The van der Waals surface area contributed by atoms with Gasteiger partial charge >= 0.3 is 6.03 Å². The molecule has 0 bridgehead atoms. The largest absolute Gasteiger partial charge is 0.497 e. The SMILES string of the molecule is COc1ccc(OC)c(NC(=O)Nc2nnc(N3CCCC(C)C3)s2)c1. The molecule has 0 spiro atoms. The van der Waals surface area contributed by atoms with Gasteiger partial charge in [0, 0.05) is 19.2 Å². The molecule has 1 aromatic carbocycles. The third-order valence-corrected chi connectivity index (χ3v) is 5.12. The quantitative estimate of drug-likeness (QED) is 0.830. The van der Waals surface area contributed by atoms with Crippen LogP contribution in [0.2, 0.25) is 0 Å². The predicted octanol–water partition coefficient (Wildman–Crippen LogP) is 3.44. The van der Waals surface area contributed by atoms with Gasteiger partial charge in [-0.25, -0.2) is 4.79 Å². The zero-order valence-corrected chi connectivity index (χ0v) is 15.9. The summed E-state index contributed by atoms with van der Waals surface area (Å²) >= 11 is 1.37. The molecule has 1 fully saturated rings. The number of benzene rings is 1. The standard InChI is InChI=1S/C17H23N5O3S/c1-11-5-4-8-22(10-11)17-21-20-16(26-17)19-15(23)18-13-9-12(24-2)6-7-14(13)25-3/h6-7,9,11H,4-5,8,10H2,1-3H3,(H2,18,19,20,23). The molecule has 26 heavy (non-hydrogen) atoms. The van der Waals surface area contributed by atoms with E-state index in [1.807, 2.05) is 0 Å². The van der Waals surface area contributed by atoms with E-state index in [1.165, 1.54) is 17.8 Å². The number of hydrogen-bond acceptors (Lipinski definition) is 7. The van der Waals surface area contributed by atoms with Crippen LogP contribution in [0.25, 0.3) is 0 Å². The fourth-order valence-electron chi connectivity index (χ4n) is 2.92. The average Bonchev–Trinajstić information content (AvgIpc) is 3.10. The van der Waals surface area contributed by atoms with Crippen molar-refractivity contribution in [3.63, 3.8) is 0 Å². The normalized spacial score (nSPS) is 16.9. The summed E-state index contributed by atoms with van der Waals surface area (Å²) < 4.78 is 10.4. The average molecular weight is 377 g/mol. The van der Waals surface area contributed by atoms with E-state index in [4.69, 9.17) is 9.47 Å². The predicted molar refractivity (Wildman–Crippen MR) is 103 cm³/mol. The number of amides is 2. The lowest BCUT2D eigenvalue weighted by Gasteiger charge is -2.29. The second kappa shape index (κ2) is 8.22. The number of aromatic nitrogens is 2. The molecule has 1 aliphatic heterocycles. The van der Waals surface area contributed by atoms with Gasteiger partial charge in [-0.3, -0.25) is 5.32 Å². The van der Waals surface area contributed by atoms with E-state index in [2.05, 4.69) is 32.7 Å². The van der Waals surface area contributed by atoms with E-state index in [9.17, 15) is 4.79 Å². The zero-order chi connectivity index (χ0) is 18.5. The summed E-state index contributed by atoms with van der Waals surface area (Å²) in [6.07, 6.45) is 2.39. The molecule has 9 heteroatoms. The molecule has 1 unspecified atom stereocenters. The minimum atomic E-state index is -0.411. The number of carbonyl (C=O) groups excluding carboxylic acids is 1. The van der Waals surface area contributed by atoms with Gasteiger partial charge in [-0.05, 0) is 30.9 Å². The first-order chi connectivity index (χ1) is 12.6. The van der Waals surface area contributed by atoms with Crippen LogP contribution in [-0.2, 0) is 0 Å². The molecule has 0 radical (unpaired) electrons. The Morgan fingerprint density at radius 2 is 2.12 bits per heavy atom. The first-order valence-corrected chi connectivity index (χ1v) is 9.29. The van der Waals surface area contributed by atoms with Crippen molar-refractivity contribution in [2.75, 3.05) is 42.8 Å². The molecule has 0 saturated carbocycles. The number of anilines is 3. The third-order valence-electron chi connectivity index (χ3n) is 4.22. The van der Waals surface area contributed by atoms with Gasteiger partial charge in [0.25, 0.3) is 0 Å². The van der Waals surface area contributed by atoms with Crippen LogP contribution >= 0.6 is 11.3 Å². The summed E-state index contributed by atoms with van der Waals surface area (Å²) in [6, 6.07) is 4.78. The molecule has 2 amide bonds. The number of nitrogens with one attached hydrogen (secondary N) is 2. The highest BCUT2D eigenvalue weighted by atomic mass is 32.1. The maximum Gasteiger partial charge on any atom is 0.325 e. The lowest BCUT2D eigenvalue weighted by molar-refractivity contribution is 0.262. The Labute approximate surface area is 156 Å². The highest BCUT2D eigenvalue weighted by molar-refractivity contribution is 7.19. The Morgan fingerprint density at radius 3 is 2.85 bits per heavy atom. The Kier molecular flexibility index (Phi) is 5.77. The number of urea groups is 1. The van der Waals surface area contributed by atoms with E-state index in [-0.39, 0.29) is 0 Å². The van der Waals surface area contributed by atoms with Crippen molar-refractivity contribution < 1.29 is 14.3 Å². The van der Waals surface area contributed by atoms with E-state index >= 15 is 0 Å². The summed E-state index contributed by atoms with van der Waals surface area (Å²) in [4.78, 5) is 14.5. The maximum absolute atomic E-state index is 12.3. The van der Waals surface area contributed by atoms with Gasteiger partial charge in [0.15, 0.2) is 0 Å². The number of carbonyl (C=O) groups is 1. The van der Waals surface area contributed by atoms with Crippen molar-refractivity contribution in [1.82, 2.24) is 10.2 Å². The zero-order valence-electron chi connectivity index (χ0n) is 15.1. The molecular formula is C17H23N5O3S. The Morgan fingerprint density at radius 1 is 1.27 bits per heavy atom. The van der Waals surface area contributed by atoms with Crippen LogP contribution in [0.4, 0.5) is 20.7 Å². The third kappa shape index (κ3) is 4.34. The van der Waals surface area contributed by atoms with Gasteiger partial charge < -0.3 is 19.7 Å². The van der Waals surface area contributed by atoms with Gasteiger partial charge in [-0.2, -0.15) is 0 Å². The molecule has 1 aliphatic rings. The second-order valence-electron chi connectivity index (χ2n) is 6.23. The molecule has 3 rings (SSSR count). The number of piperidine rings is 1. The first-order valence-electron chi connectivity index (χ1n) is 8.47. The van der Waals surface area contributed by atoms with E-state index in [1.54, 1.807) is 32.4 Å². The van der Waals surface area contributed by atoms with Gasteiger partial charge in [0.1, 0.15) is 11.5 Å². The van der Waals surface area contributed by atoms with Crippen molar-refractivity contribution >= 4 is 33.3 Å². The Balaban J connectivity index is 1.64. The van der Waals surface area contributed by atoms with Gasteiger partial charge in [0.2, 0.25) is 10.3 Å². The van der Waals surface area contributed by atoms with Crippen LogP contribution in [0, 0.1) is 5.92 Å². The second-order valence-corrected chi connectivity index (χ2v) is 7.18. The van der Waals surface area contributed by atoms with Crippen molar-refractivity contribution in [2.45, 2.75) is 19.8 Å². The summed E-state index contributed by atoms with van der Waals surface area (Å²) in [5, 5.41) is 15.0. The summed E-state index contributed by atoms with van der Waals surface area (Å²) in [5.74, 6) is 1.81. The minimum Gasteiger partial charge on any atom is -0.497 e. The Hall–Kier alpha value is -2.55. The van der Waals surface area contributed by atoms with E-state index in [0.29, 0.717) is 28.2 Å². The van der Waals surface area contributed by atoms with Gasteiger partial charge in [-0.1, -0.05) is 18.3 Å². The Bertz CT molecular complexity index is 767. The number of hydrogen-bond donors (Lipinski definition) is 2.